The van der Waals surface area contributed by atoms with Gasteiger partial charge in [0.05, 0.1) is 11.1 Å². The quantitative estimate of drug-likeness (QED) is 0.758. The van der Waals surface area contributed by atoms with Gasteiger partial charge in [0.1, 0.15) is 17.6 Å². The molecule has 0 saturated carbocycles. The maximum atomic E-state index is 12.6. The Kier molecular flexibility index (Phi) is 4.00. The molecule has 2 aromatic rings. The molecule has 0 N–H and O–H groups in total. The second kappa shape index (κ2) is 5.55. The highest BCUT2D eigenvalue weighted by Gasteiger charge is 2.30. The highest BCUT2D eigenvalue weighted by atomic mass is 79.9. The van der Waals surface area contributed by atoms with E-state index in [1.54, 1.807) is 6.07 Å². The summed E-state index contributed by atoms with van der Waals surface area (Å²) >= 11 is 3.20. The SMILES string of the molecule is N#Cc1cc(Br)ccc1Oc1cccc(C(F)(F)F)c1. The van der Waals surface area contributed by atoms with E-state index in [9.17, 15) is 13.2 Å². The van der Waals surface area contributed by atoms with Crippen LogP contribution in [0.1, 0.15) is 11.1 Å². The molecule has 0 aromatic heterocycles. The first kappa shape index (κ1) is 14.4. The predicted molar refractivity (Wildman–Crippen MR) is 70.4 cm³/mol. The summed E-state index contributed by atoms with van der Waals surface area (Å²) in [5.41, 5.74) is -0.567. The lowest BCUT2D eigenvalue weighted by Crippen LogP contribution is -2.04. The molecule has 0 bridgehead atoms. The maximum absolute atomic E-state index is 12.6. The van der Waals surface area contributed by atoms with Gasteiger partial charge in [0.2, 0.25) is 0 Å². The van der Waals surface area contributed by atoms with Crippen molar-refractivity contribution >= 4 is 15.9 Å². The van der Waals surface area contributed by atoms with Gasteiger partial charge in [0.15, 0.2) is 0 Å². The van der Waals surface area contributed by atoms with Crippen LogP contribution in [0.5, 0.6) is 11.5 Å². The molecule has 6 heteroatoms. The van der Waals surface area contributed by atoms with Gasteiger partial charge < -0.3 is 4.74 Å². The van der Waals surface area contributed by atoms with Crippen LogP contribution in [0.4, 0.5) is 13.2 Å². The Bertz CT molecular complexity index is 677. The van der Waals surface area contributed by atoms with Crippen molar-refractivity contribution in [2.45, 2.75) is 6.18 Å². The largest absolute Gasteiger partial charge is 0.456 e. The van der Waals surface area contributed by atoms with Crippen LogP contribution in [0.15, 0.2) is 46.9 Å². The van der Waals surface area contributed by atoms with Crippen LogP contribution in [-0.4, -0.2) is 0 Å². The minimum absolute atomic E-state index is 0.0265. The standard InChI is InChI=1S/C14H7BrF3NO/c15-11-4-5-13(9(6-11)8-19)20-12-3-1-2-10(7-12)14(16,17)18/h1-7H. The second-order valence-corrected chi connectivity index (χ2v) is 4.80. The van der Waals surface area contributed by atoms with Crippen LogP contribution in [0.3, 0.4) is 0 Å². The zero-order valence-corrected chi connectivity index (χ0v) is 11.5. The van der Waals surface area contributed by atoms with E-state index in [0.29, 0.717) is 4.47 Å². The minimum Gasteiger partial charge on any atom is -0.456 e. The monoisotopic (exact) mass is 341 g/mol. The molecule has 0 aliphatic carbocycles. The third-order valence-electron chi connectivity index (χ3n) is 2.45. The molecule has 0 aliphatic heterocycles. The van der Waals surface area contributed by atoms with E-state index < -0.39 is 11.7 Å². The van der Waals surface area contributed by atoms with Gasteiger partial charge in [-0.2, -0.15) is 18.4 Å². The lowest BCUT2D eigenvalue weighted by Gasteiger charge is -2.11. The van der Waals surface area contributed by atoms with E-state index in [4.69, 9.17) is 10.00 Å². The normalized spacial score (nSPS) is 10.9. The molecule has 2 aromatic carbocycles. The molecule has 0 atom stereocenters. The molecule has 0 fully saturated rings. The molecule has 0 amide bonds. The first-order chi connectivity index (χ1) is 9.40. The fourth-order valence-corrected chi connectivity index (χ4v) is 1.90. The molecule has 0 radical (unpaired) electrons. The van der Waals surface area contributed by atoms with E-state index in [-0.39, 0.29) is 17.1 Å². The summed E-state index contributed by atoms with van der Waals surface area (Å²) in [6.07, 6.45) is -4.43. The second-order valence-electron chi connectivity index (χ2n) is 3.88. The average Bonchev–Trinajstić information content (AvgIpc) is 2.40. The summed E-state index contributed by atoms with van der Waals surface area (Å²) in [5, 5.41) is 8.97. The number of benzene rings is 2. The Morgan fingerprint density at radius 1 is 1.10 bits per heavy atom. The van der Waals surface area contributed by atoms with Gasteiger partial charge in [-0.25, -0.2) is 0 Å². The number of halogens is 4. The summed E-state index contributed by atoms with van der Waals surface area (Å²) in [6, 6.07) is 11.1. The number of ether oxygens (including phenoxy) is 1. The van der Waals surface area contributed by atoms with Crippen molar-refractivity contribution in [1.29, 1.82) is 5.26 Å². The zero-order valence-electron chi connectivity index (χ0n) is 9.91. The van der Waals surface area contributed by atoms with Gasteiger partial charge in [0, 0.05) is 4.47 Å². The minimum atomic E-state index is -4.43. The Labute approximate surface area is 121 Å². The Hall–Kier alpha value is -2.00. The van der Waals surface area contributed by atoms with E-state index >= 15 is 0 Å². The lowest BCUT2D eigenvalue weighted by atomic mass is 10.2. The van der Waals surface area contributed by atoms with Crippen molar-refractivity contribution in [3.05, 3.63) is 58.1 Å². The summed E-state index contributed by atoms with van der Waals surface area (Å²) in [7, 11) is 0. The Morgan fingerprint density at radius 3 is 2.50 bits per heavy atom. The maximum Gasteiger partial charge on any atom is 0.416 e. The van der Waals surface area contributed by atoms with Gasteiger partial charge in [-0.05, 0) is 36.4 Å². The van der Waals surface area contributed by atoms with Crippen LogP contribution in [-0.2, 0) is 6.18 Å². The Balaban J connectivity index is 2.34. The van der Waals surface area contributed by atoms with Crippen molar-refractivity contribution in [1.82, 2.24) is 0 Å². The fraction of sp³-hybridized carbons (Fsp3) is 0.0714. The van der Waals surface area contributed by atoms with Gasteiger partial charge in [-0.1, -0.05) is 22.0 Å². The fourth-order valence-electron chi connectivity index (χ4n) is 1.54. The van der Waals surface area contributed by atoms with E-state index in [2.05, 4.69) is 15.9 Å². The third-order valence-corrected chi connectivity index (χ3v) is 2.94. The summed E-state index contributed by atoms with van der Waals surface area (Å²) < 4.78 is 43.8. The zero-order chi connectivity index (χ0) is 14.8. The lowest BCUT2D eigenvalue weighted by molar-refractivity contribution is -0.137. The highest BCUT2D eigenvalue weighted by Crippen LogP contribution is 2.33. The number of nitriles is 1. The molecule has 0 unspecified atom stereocenters. The molecule has 0 heterocycles. The van der Waals surface area contributed by atoms with Crippen LogP contribution in [0.2, 0.25) is 0 Å². The predicted octanol–water partition coefficient (Wildman–Crippen LogP) is 5.13. The molecule has 2 rings (SSSR count). The highest BCUT2D eigenvalue weighted by molar-refractivity contribution is 9.10. The Morgan fingerprint density at radius 2 is 1.85 bits per heavy atom. The number of nitrogens with zero attached hydrogens (tertiary/aromatic N) is 1. The van der Waals surface area contributed by atoms with Crippen molar-refractivity contribution < 1.29 is 17.9 Å². The molecule has 0 saturated heterocycles. The van der Waals surface area contributed by atoms with Gasteiger partial charge in [-0.3, -0.25) is 0 Å². The molecule has 0 spiro atoms. The van der Waals surface area contributed by atoms with Crippen molar-refractivity contribution in [3.63, 3.8) is 0 Å². The average molecular weight is 342 g/mol. The number of alkyl halides is 3. The number of rotatable bonds is 2. The molecule has 0 aliphatic rings. The summed E-state index contributed by atoms with van der Waals surface area (Å²) in [6.45, 7) is 0. The van der Waals surface area contributed by atoms with E-state index in [0.717, 1.165) is 12.1 Å². The van der Waals surface area contributed by atoms with Crippen molar-refractivity contribution in [2.24, 2.45) is 0 Å². The van der Waals surface area contributed by atoms with Crippen LogP contribution >= 0.6 is 15.9 Å². The summed E-state index contributed by atoms with van der Waals surface area (Å²) in [4.78, 5) is 0. The molecule has 20 heavy (non-hydrogen) atoms. The van der Waals surface area contributed by atoms with E-state index in [1.165, 1.54) is 24.3 Å². The molecule has 2 nitrogen and oxygen atoms in total. The topological polar surface area (TPSA) is 33.0 Å². The van der Waals surface area contributed by atoms with Gasteiger partial charge in [0.25, 0.3) is 0 Å². The first-order valence-corrected chi connectivity index (χ1v) is 6.24. The molecule has 102 valence electrons. The van der Waals surface area contributed by atoms with Gasteiger partial charge >= 0.3 is 6.18 Å². The number of hydrogen-bond donors (Lipinski definition) is 0. The third kappa shape index (κ3) is 3.31. The molecular formula is C14H7BrF3NO. The molecular weight excluding hydrogens is 335 g/mol. The van der Waals surface area contributed by atoms with Crippen LogP contribution in [0, 0.1) is 11.3 Å². The smallest absolute Gasteiger partial charge is 0.416 e. The van der Waals surface area contributed by atoms with Gasteiger partial charge in [-0.15, -0.1) is 0 Å². The van der Waals surface area contributed by atoms with Crippen LogP contribution < -0.4 is 4.74 Å². The van der Waals surface area contributed by atoms with E-state index in [1.807, 2.05) is 6.07 Å². The van der Waals surface area contributed by atoms with Crippen molar-refractivity contribution in [3.8, 4) is 17.6 Å². The van der Waals surface area contributed by atoms with Crippen LogP contribution in [0.25, 0.3) is 0 Å². The first-order valence-electron chi connectivity index (χ1n) is 5.45. The number of hydrogen-bond acceptors (Lipinski definition) is 2. The van der Waals surface area contributed by atoms with Crippen molar-refractivity contribution in [2.75, 3.05) is 0 Å². The summed E-state index contributed by atoms with van der Waals surface area (Å²) in [5.74, 6) is 0.230.